The third kappa shape index (κ3) is 5.78. The van der Waals surface area contributed by atoms with E-state index in [1.165, 1.54) is 13.8 Å². The van der Waals surface area contributed by atoms with E-state index >= 15 is 0 Å². The topological polar surface area (TPSA) is 72.5 Å². The number of ketones is 1. The Morgan fingerprint density at radius 1 is 1.04 bits per heavy atom. The lowest BCUT2D eigenvalue weighted by molar-refractivity contribution is -0.116. The summed E-state index contributed by atoms with van der Waals surface area (Å²) >= 11 is 6.22. The summed E-state index contributed by atoms with van der Waals surface area (Å²) in [4.78, 5) is 35.7. The molecule has 5 nitrogen and oxygen atoms in total. The average Bonchev–Trinajstić information content (AvgIpc) is 2.48. The van der Waals surface area contributed by atoms with Crippen LogP contribution in [0.2, 0.25) is 0 Å². The van der Waals surface area contributed by atoms with Crippen molar-refractivity contribution < 1.29 is 19.1 Å². The van der Waals surface area contributed by atoms with E-state index in [1.807, 2.05) is 29.5 Å². The summed E-state index contributed by atoms with van der Waals surface area (Å²) in [7, 11) is 0. The van der Waals surface area contributed by atoms with Crippen LogP contribution >= 0.6 is 67.8 Å². The van der Waals surface area contributed by atoms with Gasteiger partial charge < -0.3 is 10.1 Å². The number of rotatable bonds is 7. The maximum absolute atomic E-state index is 12.5. The Bertz CT molecular complexity index is 631. The average molecular weight is 669 g/mol. The second-order valence-corrected chi connectivity index (χ2v) is 8.46. The summed E-state index contributed by atoms with van der Waals surface area (Å²) in [5.41, 5.74) is 1.71. The van der Waals surface area contributed by atoms with Crippen LogP contribution in [-0.2, 0) is 20.7 Å². The molecule has 0 unspecified atom stereocenters. The van der Waals surface area contributed by atoms with Crippen LogP contribution in [0.15, 0.2) is 0 Å². The van der Waals surface area contributed by atoms with Gasteiger partial charge in [-0.25, -0.2) is 4.79 Å². The monoisotopic (exact) mass is 669 g/mol. The van der Waals surface area contributed by atoms with Gasteiger partial charge in [-0.05, 0) is 86.7 Å². The van der Waals surface area contributed by atoms with Crippen molar-refractivity contribution in [2.24, 2.45) is 0 Å². The summed E-state index contributed by atoms with van der Waals surface area (Å²) in [5, 5.41) is 2.77. The molecular formula is C16H18I3NO4. The Balaban J connectivity index is 3.47. The third-order valence-corrected chi connectivity index (χ3v) is 6.53. The van der Waals surface area contributed by atoms with Crippen LogP contribution in [0.1, 0.15) is 49.5 Å². The number of benzene rings is 1. The van der Waals surface area contributed by atoms with Crippen LogP contribution in [0.4, 0.5) is 5.69 Å². The minimum absolute atomic E-state index is 0.00823. The molecule has 1 N–H and O–H groups in total. The van der Waals surface area contributed by atoms with Gasteiger partial charge in [0.25, 0.3) is 0 Å². The molecule has 0 spiro atoms. The summed E-state index contributed by atoms with van der Waals surface area (Å²) in [6, 6.07) is 0. The quantitative estimate of drug-likeness (QED) is 0.263. The van der Waals surface area contributed by atoms with Crippen LogP contribution in [0.25, 0.3) is 0 Å². The number of hydrogen-bond donors (Lipinski definition) is 1. The SMILES string of the molecule is CCCCOC(=O)c1c(I)c(CC(C)=O)c(I)c(NC(C)=O)c1I. The van der Waals surface area contributed by atoms with Gasteiger partial charge in [-0.3, -0.25) is 9.59 Å². The summed E-state index contributed by atoms with van der Waals surface area (Å²) in [5.74, 6) is -0.665. The predicted octanol–water partition coefficient (Wildman–Crippen LogP) is 4.55. The molecule has 0 fully saturated rings. The highest BCUT2D eigenvalue weighted by Gasteiger charge is 2.26. The normalized spacial score (nSPS) is 10.4. The van der Waals surface area contributed by atoms with E-state index in [9.17, 15) is 14.4 Å². The first-order chi connectivity index (χ1) is 11.2. The molecule has 0 aromatic heterocycles. The number of halogens is 3. The molecule has 0 heterocycles. The molecule has 8 heteroatoms. The molecule has 0 saturated heterocycles. The van der Waals surface area contributed by atoms with Crippen LogP contribution in [-0.4, -0.2) is 24.3 Å². The highest BCUT2D eigenvalue weighted by atomic mass is 127. The maximum atomic E-state index is 12.5. The fraction of sp³-hybridized carbons (Fsp3) is 0.438. The molecule has 0 saturated carbocycles. The first kappa shape index (κ1) is 22.1. The molecule has 1 rings (SSSR count). The second kappa shape index (κ2) is 10.2. The van der Waals surface area contributed by atoms with Gasteiger partial charge in [-0.1, -0.05) is 13.3 Å². The molecule has 0 aliphatic carbocycles. The number of hydrogen-bond acceptors (Lipinski definition) is 4. The zero-order valence-corrected chi connectivity index (χ0v) is 20.1. The van der Waals surface area contributed by atoms with Gasteiger partial charge in [0.05, 0.1) is 21.4 Å². The largest absolute Gasteiger partial charge is 0.462 e. The molecule has 1 aromatic carbocycles. The van der Waals surface area contributed by atoms with Gasteiger partial charge >= 0.3 is 5.97 Å². The minimum Gasteiger partial charge on any atom is -0.462 e. The van der Waals surface area contributed by atoms with Gasteiger partial charge in [0, 0.05) is 20.5 Å². The highest BCUT2D eigenvalue weighted by Crippen LogP contribution is 2.36. The predicted molar refractivity (Wildman–Crippen MR) is 118 cm³/mol. The van der Waals surface area contributed by atoms with Crippen LogP contribution in [0.3, 0.4) is 0 Å². The van der Waals surface area contributed by atoms with Gasteiger partial charge in [-0.2, -0.15) is 0 Å². The molecule has 0 bridgehead atoms. The lowest BCUT2D eigenvalue weighted by Gasteiger charge is -2.18. The second-order valence-electron chi connectivity index (χ2n) is 5.22. The van der Waals surface area contributed by atoms with Crippen molar-refractivity contribution >= 4 is 91.1 Å². The molecule has 0 radical (unpaired) electrons. The van der Waals surface area contributed by atoms with Crippen molar-refractivity contribution in [2.45, 2.75) is 40.0 Å². The number of Topliss-reactive ketones (excluding diaryl/α,β-unsaturated/α-hetero) is 1. The Labute approximate surface area is 182 Å². The van der Waals surface area contributed by atoms with E-state index in [1.54, 1.807) is 0 Å². The number of carbonyl (C=O) groups is 3. The first-order valence-electron chi connectivity index (χ1n) is 7.34. The number of ether oxygens (including phenoxy) is 1. The minimum atomic E-state index is -0.426. The van der Waals surface area contributed by atoms with Crippen molar-refractivity contribution in [2.75, 3.05) is 11.9 Å². The van der Waals surface area contributed by atoms with Crippen molar-refractivity contribution in [1.82, 2.24) is 0 Å². The third-order valence-electron chi connectivity index (χ3n) is 3.07. The molecule has 0 aliphatic rings. The summed E-state index contributed by atoms with van der Waals surface area (Å²) in [6.45, 7) is 5.28. The van der Waals surface area contributed by atoms with E-state index < -0.39 is 5.97 Å². The zero-order valence-electron chi connectivity index (χ0n) is 13.6. The Hall–Kier alpha value is 0.0200. The molecule has 132 valence electrons. The van der Waals surface area contributed by atoms with E-state index in [0.717, 1.165) is 22.0 Å². The fourth-order valence-electron chi connectivity index (χ4n) is 1.97. The molecule has 0 atom stereocenters. The van der Waals surface area contributed by atoms with Crippen molar-refractivity contribution in [3.8, 4) is 0 Å². The lowest BCUT2D eigenvalue weighted by Crippen LogP contribution is -2.18. The van der Waals surface area contributed by atoms with Crippen molar-refractivity contribution in [3.63, 3.8) is 0 Å². The van der Waals surface area contributed by atoms with E-state index in [-0.39, 0.29) is 18.1 Å². The summed E-state index contributed by atoms with van der Waals surface area (Å²) < 4.78 is 7.45. The smallest absolute Gasteiger partial charge is 0.340 e. The lowest BCUT2D eigenvalue weighted by atomic mass is 10.0. The molecule has 1 aromatic rings. The van der Waals surface area contributed by atoms with E-state index in [4.69, 9.17) is 4.74 Å². The molecular weight excluding hydrogens is 651 g/mol. The highest BCUT2D eigenvalue weighted by molar-refractivity contribution is 14.1. The van der Waals surface area contributed by atoms with E-state index in [2.05, 4.69) is 50.5 Å². The number of nitrogens with one attached hydrogen (secondary N) is 1. The van der Waals surface area contributed by atoms with Crippen molar-refractivity contribution in [1.29, 1.82) is 0 Å². The molecule has 1 amide bonds. The molecule has 24 heavy (non-hydrogen) atoms. The number of carbonyl (C=O) groups excluding carboxylic acids is 3. The van der Waals surface area contributed by atoms with Crippen LogP contribution in [0, 0.1) is 10.7 Å². The van der Waals surface area contributed by atoms with Crippen LogP contribution in [0.5, 0.6) is 0 Å². The first-order valence-corrected chi connectivity index (χ1v) is 10.6. The summed E-state index contributed by atoms with van der Waals surface area (Å²) in [6.07, 6.45) is 1.93. The van der Waals surface area contributed by atoms with E-state index in [0.29, 0.717) is 25.0 Å². The van der Waals surface area contributed by atoms with Gasteiger partial charge in [0.15, 0.2) is 0 Å². The maximum Gasteiger partial charge on any atom is 0.340 e. The fourth-order valence-corrected chi connectivity index (χ4v) is 6.22. The van der Waals surface area contributed by atoms with Crippen LogP contribution < -0.4 is 5.32 Å². The number of amides is 1. The number of unbranched alkanes of at least 4 members (excludes halogenated alkanes) is 1. The standard InChI is InChI=1S/C16H18I3NO4/c1-4-5-6-24-16(23)11-12(17)10(7-8(2)21)13(18)15(14(11)19)20-9(3)22/h4-7H2,1-3H3,(H,20,22). The Kier molecular flexibility index (Phi) is 9.41. The Morgan fingerprint density at radius 3 is 2.17 bits per heavy atom. The van der Waals surface area contributed by atoms with Crippen molar-refractivity contribution in [3.05, 3.63) is 21.8 Å². The number of esters is 1. The van der Waals surface area contributed by atoms with Gasteiger partial charge in [0.1, 0.15) is 5.78 Å². The zero-order chi connectivity index (χ0) is 18.4. The van der Waals surface area contributed by atoms with Gasteiger partial charge in [-0.15, -0.1) is 0 Å². The van der Waals surface area contributed by atoms with Gasteiger partial charge in [0.2, 0.25) is 5.91 Å². The molecule has 0 aliphatic heterocycles. The number of anilines is 1. The Morgan fingerprint density at radius 2 is 1.67 bits per heavy atom.